The van der Waals surface area contributed by atoms with E-state index < -0.39 is 18.0 Å². The van der Waals surface area contributed by atoms with Crippen LogP contribution in [-0.4, -0.2) is 28.0 Å². The first-order chi connectivity index (χ1) is 14.8. The zero-order valence-electron chi connectivity index (χ0n) is 16.3. The van der Waals surface area contributed by atoms with Crippen LogP contribution in [0.4, 0.5) is 10.5 Å². The minimum Gasteiger partial charge on any atom is -0.480 e. The number of anilines is 1. The number of carbonyl (C=O) groups excluding carboxylic acids is 1. The van der Waals surface area contributed by atoms with Crippen LogP contribution < -0.4 is 5.32 Å². The lowest BCUT2D eigenvalue weighted by Gasteiger charge is -2.29. The predicted molar refractivity (Wildman–Crippen MR) is 127 cm³/mol. The third-order valence-corrected chi connectivity index (χ3v) is 5.65. The Morgan fingerprint density at radius 3 is 2.32 bits per heavy atom. The van der Waals surface area contributed by atoms with E-state index in [1.807, 2.05) is 54.6 Å². The van der Waals surface area contributed by atoms with Crippen molar-refractivity contribution in [1.29, 1.82) is 0 Å². The summed E-state index contributed by atoms with van der Waals surface area (Å²) in [7, 11) is 0. The Labute approximate surface area is 198 Å². The van der Waals surface area contributed by atoms with Crippen molar-refractivity contribution in [2.75, 3.05) is 5.32 Å². The number of aliphatic carboxylic acids is 1. The SMILES string of the molecule is O=C(O)[C@H](Cc1ccccc1)N(Cc1cccc(Br)c1)C(=O)Nc1ccc(Cl)cc1Cl. The number of carboxylic acids is 1. The summed E-state index contributed by atoms with van der Waals surface area (Å²) in [5.74, 6) is -1.10. The number of hydrogen-bond acceptors (Lipinski definition) is 2. The highest BCUT2D eigenvalue weighted by Gasteiger charge is 2.30. The van der Waals surface area contributed by atoms with Gasteiger partial charge in [-0.25, -0.2) is 9.59 Å². The maximum Gasteiger partial charge on any atom is 0.326 e. The fourth-order valence-electron chi connectivity index (χ4n) is 3.10. The highest BCUT2D eigenvalue weighted by Crippen LogP contribution is 2.26. The van der Waals surface area contributed by atoms with Crippen molar-refractivity contribution in [3.05, 3.63) is 98.4 Å². The molecule has 5 nitrogen and oxygen atoms in total. The molecule has 0 bridgehead atoms. The van der Waals surface area contributed by atoms with Crippen molar-refractivity contribution >= 4 is 56.8 Å². The molecule has 0 radical (unpaired) electrons. The van der Waals surface area contributed by atoms with E-state index in [-0.39, 0.29) is 18.0 Å². The van der Waals surface area contributed by atoms with Gasteiger partial charge in [-0.2, -0.15) is 0 Å². The standard InChI is InChI=1S/C23H19BrCl2N2O3/c24-17-8-4-7-16(11-17)14-28(21(22(29)30)12-15-5-2-1-3-6-15)23(31)27-20-10-9-18(25)13-19(20)26/h1-11,13,21H,12,14H2,(H,27,31)(H,29,30)/t21-/m0/s1. The van der Waals surface area contributed by atoms with Crippen LogP contribution in [0.1, 0.15) is 11.1 Å². The average molecular weight is 522 g/mol. The van der Waals surface area contributed by atoms with Gasteiger partial charge in [0, 0.05) is 22.5 Å². The molecule has 3 aromatic carbocycles. The Bertz CT molecular complexity index is 1080. The summed E-state index contributed by atoms with van der Waals surface area (Å²) in [6.07, 6.45) is 0.159. The Morgan fingerprint density at radius 1 is 0.968 bits per heavy atom. The van der Waals surface area contributed by atoms with Crippen molar-refractivity contribution in [3.8, 4) is 0 Å². The van der Waals surface area contributed by atoms with Crippen LogP contribution in [-0.2, 0) is 17.8 Å². The molecule has 31 heavy (non-hydrogen) atoms. The predicted octanol–water partition coefficient (Wildman–Crippen LogP) is 6.49. The average Bonchev–Trinajstić information content (AvgIpc) is 2.73. The second-order valence-electron chi connectivity index (χ2n) is 6.86. The minimum atomic E-state index is -1.10. The summed E-state index contributed by atoms with van der Waals surface area (Å²) < 4.78 is 0.834. The van der Waals surface area contributed by atoms with E-state index in [1.165, 1.54) is 11.0 Å². The van der Waals surface area contributed by atoms with Crippen molar-refractivity contribution in [2.24, 2.45) is 0 Å². The molecule has 3 aromatic rings. The Kier molecular flexibility index (Phi) is 7.96. The zero-order chi connectivity index (χ0) is 22.4. The fraction of sp³-hybridized carbons (Fsp3) is 0.130. The molecule has 0 saturated heterocycles. The third-order valence-electron chi connectivity index (χ3n) is 4.61. The number of urea groups is 1. The molecule has 0 unspecified atom stereocenters. The molecule has 8 heteroatoms. The van der Waals surface area contributed by atoms with Gasteiger partial charge in [0.15, 0.2) is 0 Å². The summed E-state index contributed by atoms with van der Waals surface area (Å²) in [6.45, 7) is 0.0975. The van der Waals surface area contributed by atoms with E-state index in [0.29, 0.717) is 10.7 Å². The summed E-state index contributed by atoms with van der Waals surface area (Å²) in [5.41, 5.74) is 1.94. The second-order valence-corrected chi connectivity index (χ2v) is 8.62. The van der Waals surface area contributed by atoms with E-state index in [4.69, 9.17) is 23.2 Å². The normalized spacial score (nSPS) is 11.6. The monoisotopic (exact) mass is 520 g/mol. The van der Waals surface area contributed by atoms with Gasteiger partial charge in [-0.15, -0.1) is 0 Å². The van der Waals surface area contributed by atoms with Gasteiger partial charge in [-0.3, -0.25) is 0 Å². The Balaban J connectivity index is 1.93. The van der Waals surface area contributed by atoms with Crippen molar-refractivity contribution < 1.29 is 14.7 Å². The molecule has 0 aromatic heterocycles. The molecule has 160 valence electrons. The first-order valence-electron chi connectivity index (χ1n) is 9.37. The molecule has 0 aliphatic heterocycles. The molecular weight excluding hydrogens is 503 g/mol. The number of hydrogen-bond donors (Lipinski definition) is 2. The third kappa shape index (κ3) is 6.47. The summed E-state index contributed by atoms with van der Waals surface area (Å²) in [4.78, 5) is 26.7. The minimum absolute atomic E-state index is 0.0975. The molecule has 0 spiro atoms. The zero-order valence-corrected chi connectivity index (χ0v) is 19.4. The number of rotatable bonds is 7. The number of benzene rings is 3. The van der Waals surface area contributed by atoms with Crippen LogP contribution in [0.3, 0.4) is 0 Å². The number of carboxylic acid groups (broad SMARTS) is 1. The maximum atomic E-state index is 13.2. The van der Waals surface area contributed by atoms with Gasteiger partial charge < -0.3 is 15.3 Å². The molecular formula is C23H19BrCl2N2O3. The molecule has 0 saturated carbocycles. The van der Waals surface area contributed by atoms with Gasteiger partial charge in [0.25, 0.3) is 0 Å². The molecule has 2 amide bonds. The summed E-state index contributed by atoms with van der Waals surface area (Å²) in [6, 6.07) is 19.6. The van der Waals surface area contributed by atoms with E-state index in [1.54, 1.807) is 12.1 Å². The van der Waals surface area contributed by atoms with E-state index in [2.05, 4.69) is 21.2 Å². The molecule has 0 fully saturated rings. The first-order valence-corrected chi connectivity index (χ1v) is 10.9. The van der Waals surface area contributed by atoms with Crippen molar-refractivity contribution in [2.45, 2.75) is 19.0 Å². The number of nitrogens with one attached hydrogen (secondary N) is 1. The highest BCUT2D eigenvalue weighted by molar-refractivity contribution is 9.10. The van der Waals surface area contributed by atoms with E-state index >= 15 is 0 Å². The first kappa shape index (κ1) is 23.1. The molecule has 0 aliphatic rings. The molecule has 2 N–H and O–H groups in total. The lowest BCUT2D eigenvalue weighted by Crippen LogP contribution is -2.47. The largest absolute Gasteiger partial charge is 0.480 e. The smallest absolute Gasteiger partial charge is 0.326 e. The van der Waals surface area contributed by atoms with Crippen LogP contribution in [0.2, 0.25) is 10.0 Å². The summed E-state index contributed by atoms with van der Waals surface area (Å²) >= 11 is 15.5. The van der Waals surface area contributed by atoms with Crippen molar-refractivity contribution in [3.63, 3.8) is 0 Å². The van der Waals surface area contributed by atoms with Crippen LogP contribution in [0, 0.1) is 0 Å². The molecule has 0 heterocycles. The Hall–Kier alpha value is -2.54. The molecule has 1 atom stereocenters. The number of halogens is 3. The quantitative estimate of drug-likeness (QED) is 0.373. The molecule has 3 rings (SSSR count). The lowest BCUT2D eigenvalue weighted by molar-refractivity contribution is -0.142. The van der Waals surface area contributed by atoms with Crippen LogP contribution in [0.5, 0.6) is 0 Å². The number of amides is 2. The molecule has 0 aliphatic carbocycles. The van der Waals surface area contributed by atoms with Crippen LogP contribution >= 0.6 is 39.1 Å². The van der Waals surface area contributed by atoms with Crippen LogP contribution in [0.15, 0.2) is 77.3 Å². The van der Waals surface area contributed by atoms with Crippen LogP contribution in [0.25, 0.3) is 0 Å². The lowest BCUT2D eigenvalue weighted by atomic mass is 10.0. The fourth-order valence-corrected chi connectivity index (χ4v) is 4.00. The van der Waals surface area contributed by atoms with Gasteiger partial charge >= 0.3 is 12.0 Å². The van der Waals surface area contributed by atoms with Gasteiger partial charge in [0.2, 0.25) is 0 Å². The van der Waals surface area contributed by atoms with E-state index in [0.717, 1.165) is 15.6 Å². The highest BCUT2D eigenvalue weighted by atomic mass is 79.9. The second kappa shape index (κ2) is 10.7. The summed E-state index contributed by atoms with van der Waals surface area (Å²) in [5, 5.41) is 13.4. The van der Waals surface area contributed by atoms with Gasteiger partial charge in [0.05, 0.1) is 10.7 Å². The maximum absolute atomic E-state index is 13.2. The Morgan fingerprint density at radius 2 is 1.68 bits per heavy atom. The van der Waals surface area contributed by atoms with E-state index in [9.17, 15) is 14.7 Å². The van der Waals surface area contributed by atoms with Gasteiger partial charge in [0.1, 0.15) is 6.04 Å². The van der Waals surface area contributed by atoms with Crippen molar-refractivity contribution in [1.82, 2.24) is 4.90 Å². The van der Waals surface area contributed by atoms with Gasteiger partial charge in [-0.05, 0) is 41.5 Å². The number of nitrogens with zero attached hydrogens (tertiary/aromatic N) is 1. The number of carbonyl (C=O) groups is 2. The topological polar surface area (TPSA) is 69.6 Å². The van der Waals surface area contributed by atoms with Gasteiger partial charge in [-0.1, -0.05) is 81.6 Å².